The van der Waals surface area contributed by atoms with Crippen LogP contribution in [0.3, 0.4) is 0 Å². The maximum atomic E-state index is 4.08. The number of nitrogens with zero attached hydrogens (tertiary/aromatic N) is 1. The zero-order valence-electron chi connectivity index (χ0n) is 9.69. The van der Waals surface area contributed by atoms with Crippen molar-refractivity contribution in [3.8, 4) is 0 Å². The summed E-state index contributed by atoms with van der Waals surface area (Å²) in [6.45, 7) is 7.80. The third-order valence-corrected chi connectivity index (χ3v) is 4.38. The molecule has 15 heavy (non-hydrogen) atoms. The molecule has 0 fully saturated rings. The van der Waals surface area contributed by atoms with Crippen LogP contribution >= 0.6 is 23.1 Å². The summed E-state index contributed by atoms with van der Waals surface area (Å²) in [6, 6.07) is 0.442. The lowest BCUT2D eigenvalue weighted by molar-refractivity contribution is 0.609. The average Bonchev–Trinajstić information content (AvgIpc) is 2.69. The van der Waals surface area contributed by atoms with Crippen LogP contribution in [-0.2, 0) is 0 Å². The first kappa shape index (κ1) is 13.0. The van der Waals surface area contributed by atoms with E-state index >= 15 is 0 Å². The van der Waals surface area contributed by atoms with Gasteiger partial charge >= 0.3 is 0 Å². The molecule has 0 bridgehead atoms. The molecule has 0 saturated carbocycles. The Morgan fingerprint density at radius 1 is 1.47 bits per heavy atom. The van der Waals surface area contributed by atoms with Crippen LogP contribution in [0.1, 0.15) is 31.7 Å². The number of nitrogens with one attached hydrogen (secondary N) is 1. The van der Waals surface area contributed by atoms with Crippen LogP contribution in [0, 0.1) is 5.92 Å². The minimum atomic E-state index is 0.442. The van der Waals surface area contributed by atoms with Gasteiger partial charge in [0.25, 0.3) is 0 Å². The highest BCUT2D eigenvalue weighted by Crippen LogP contribution is 2.16. The molecule has 0 aliphatic carbocycles. The second-order valence-corrected chi connectivity index (χ2v) is 6.12. The molecule has 1 atom stereocenters. The fourth-order valence-electron chi connectivity index (χ4n) is 1.21. The van der Waals surface area contributed by atoms with Crippen LogP contribution in [0.4, 0.5) is 0 Å². The number of thioether (sulfide) groups is 1. The minimum Gasteiger partial charge on any atom is -0.309 e. The SMILES string of the molecule is CC(C)CSCCNC(C)c1cncs1. The van der Waals surface area contributed by atoms with Gasteiger partial charge in [-0.3, -0.25) is 4.98 Å². The normalized spacial score (nSPS) is 13.3. The second kappa shape index (κ2) is 7.25. The Labute approximate surface area is 101 Å². The third-order valence-electron chi connectivity index (χ3n) is 2.03. The maximum absolute atomic E-state index is 4.08. The molecular formula is C11H20N2S2. The van der Waals surface area contributed by atoms with E-state index in [9.17, 15) is 0 Å². The number of thiazole rings is 1. The highest BCUT2D eigenvalue weighted by Gasteiger charge is 2.05. The van der Waals surface area contributed by atoms with E-state index in [1.165, 1.54) is 16.4 Å². The first-order chi connectivity index (χ1) is 7.20. The van der Waals surface area contributed by atoms with Gasteiger partial charge in [-0.05, 0) is 18.6 Å². The monoisotopic (exact) mass is 244 g/mol. The Balaban J connectivity index is 2.05. The van der Waals surface area contributed by atoms with Gasteiger partial charge in [0.1, 0.15) is 0 Å². The smallest absolute Gasteiger partial charge is 0.0794 e. The Hall–Kier alpha value is -0.0600. The van der Waals surface area contributed by atoms with Gasteiger partial charge in [0.15, 0.2) is 0 Å². The molecular weight excluding hydrogens is 224 g/mol. The topological polar surface area (TPSA) is 24.9 Å². The molecule has 86 valence electrons. The number of aromatic nitrogens is 1. The average molecular weight is 244 g/mol. The van der Waals surface area contributed by atoms with Crippen molar-refractivity contribution in [3.63, 3.8) is 0 Å². The second-order valence-electron chi connectivity index (χ2n) is 4.05. The molecule has 1 heterocycles. The highest BCUT2D eigenvalue weighted by atomic mass is 32.2. The van der Waals surface area contributed by atoms with Crippen molar-refractivity contribution in [2.24, 2.45) is 5.92 Å². The fourth-order valence-corrected chi connectivity index (χ4v) is 2.76. The molecule has 0 spiro atoms. The largest absolute Gasteiger partial charge is 0.309 e. The molecule has 0 amide bonds. The summed E-state index contributed by atoms with van der Waals surface area (Å²) < 4.78 is 0. The van der Waals surface area contributed by atoms with Crippen molar-refractivity contribution >= 4 is 23.1 Å². The molecule has 1 aromatic heterocycles. The van der Waals surface area contributed by atoms with Gasteiger partial charge in [-0.15, -0.1) is 11.3 Å². The van der Waals surface area contributed by atoms with Crippen molar-refractivity contribution in [1.82, 2.24) is 10.3 Å². The summed E-state index contributed by atoms with van der Waals surface area (Å²) in [5.41, 5.74) is 1.89. The standard InChI is InChI=1S/C11H20N2S2/c1-9(2)7-14-5-4-13-10(3)11-6-12-8-15-11/h6,8-10,13H,4-5,7H2,1-3H3. The van der Waals surface area contributed by atoms with E-state index in [4.69, 9.17) is 0 Å². The number of hydrogen-bond donors (Lipinski definition) is 1. The van der Waals surface area contributed by atoms with Gasteiger partial charge in [-0.25, -0.2) is 0 Å². The molecule has 0 aromatic carbocycles. The summed E-state index contributed by atoms with van der Waals surface area (Å²) in [5, 5.41) is 3.51. The van der Waals surface area contributed by atoms with Gasteiger partial charge in [0.2, 0.25) is 0 Å². The summed E-state index contributed by atoms with van der Waals surface area (Å²) >= 11 is 3.75. The lowest BCUT2D eigenvalue weighted by Gasteiger charge is -2.11. The molecule has 1 N–H and O–H groups in total. The van der Waals surface area contributed by atoms with E-state index in [0.29, 0.717) is 6.04 Å². The highest BCUT2D eigenvalue weighted by molar-refractivity contribution is 7.99. The maximum Gasteiger partial charge on any atom is 0.0794 e. The van der Waals surface area contributed by atoms with Crippen LogP contribution < -0.4 is 5.32 Å². The van der Waals surface area contributed by atoms with Crippen LogP contribution in [0.15, 0.2) is 11.7 Å². The van der Waals surface area contributed by atoms with E-state index in [1.807, 2.05) is 23.5 Å². The van der Waals surface area contributed by atoms with Gasteiger partial charge < -0.3 is 5.32 Å². The van der Waals surface area contributed by atoms with Crippen molar-refractivity contribution in [1.29, 1.82) is 0 Å². The molecule has 0 aliphatic rings. The summed E-state index contributed by atoms with van der Waals surface area (Å²) in [5.74, 6) is 3.26. The zero-order valence-corrected chi connectivity index (χ0v) is 11.3. The zero-order chi connectivity index (χ0) is 11.1. The number of hydrogen-bond acceptors (Lipinski definition) is 4. The molecule has 4 heteroatoms. The molecule has 0 radical (unpaired) electrons. The van der Waals surface area contributed by atoms with Crippen molar-refractivity contribution in [2.75, 3.05) is 18.1 Å². The van der Waals surface area contributed by atoms with E-state index in [2.05, 4.69) is 31.1 Å². The lowest BCUT2D eigenvalue weighted by atomic mass is 10.3. The molecule has 0 saturated heterocycles. The van der Waals surface area contributed by atoms with Crippen molar-refractivity contribution in [2.45, 2.75) is 26.8 Å². The Bertz CT molecular complexity index is 247. The van der Waals surface area contributed by atoms with Crippen LogP contribution in [0.2, 0.25) is 0 Å². The predicted octanol–water partition coefficient (Wildman–Crippen LogP) is 3.18. The van der Waals surface area contributed by atoms with E-state index in [1.54, 1.807) is 11.3 Å². The first-order valence-corrected chi connectivity index (χ1v) is 7.43. The lowest BCUT2D eigenvalue weighted by Crippen LogP contribution is -2.20. The Morgan fingerprint density at radius 3 is 2.87 bits per heavy atom. The van der Waals surface area contributed by atoms with Gasteiger partial charge in [0, 0.05) is 29.4 Å². The van der Waals surface area contributed by atoms with E-state index in [-0.39, 0.29) is 0 Å². The summed E-state index contributed by atoms with van der Waals surface area (Å²) in [4.78, 5) is 5.41. The van der Waals surface area contributed by atoms with Gasteiger partial charge in [-0.2, -0.15) is 11.8 Å². The summed E-state index contributed by atoms with van der Waals surface area (Å²) in [6.07, 6.45) is 1.95. The van der Waals surface area contributed by atoms with Crippen LogP contribution in [0.5, 0.6) is 0 Å². The fraction of sp³-hybridized carbons (Fsp3) is 0.727. The van der Waals surface area contributed by atoms with Crippen molar-refractivity contribution in [3.05, 3.63) is 16.6 Å². The van der Waals surface area contributed by atoms with Crippen LogP contribution in [0.25, 0.3) is 0 Å². The first-order valence-electron chi connectivity index (χ1n) is 5.39. The Morgan fingerprint density at radius 2 is 2.27 bits per heavy atom. The van der Waals surface area contributed by atoms with Gasteiger partial charge in [0.05, 0.1) is 5.51 Å². The quantitative estimate of drug-likeness (QED) is 0.746. The van der Waals surface area contributed by atoms with Crippen molar-refractivity contribution < 1.29 is 0 Å². The molecule has 1 unspecified atom stereocenters. The molecule has 1 aromatic rings. The van der Waals surface area contributed by atoms with E-state index in [0.717, 1.165) is 12.5 Å². The molecule has 2 nitrogen and oxygen atoms in total. The predicted molar refractivity (Wildman–Crippen MR) is 70.7 cm³/mol. The third kappa shape index (κ3) is 5.54. The molecule has 1 rings (SSSR count). The van der Waals surface area contributed by atoms with Crippen LogP contribution in [-0.4, -0.2) is 23.0 Å². The number of rotatable bonds is 7. The van der Waals surface area contributed by atoms with Gasteiger partial charge in [-0.1, -0.05) is 13.8 Å². The Kier molecular flexibility index (Phi) is 6.29. The minimum absolute atomic E-state index is 0.442. The molecule has 0 aliphatic heterocycles. The van der Waals surface area contributed by atoms with E-state index < -0.39 is 0 Å². The summed E-state index contributed by atoms with van der Waals surface area (Å²) in [7, 11) is 0.